The first-order chi connectivity index (χ1) is 73.1. The van der Waals surface area contributed by atoms with Crippen molar-refractivity contribution in [1.29, 1.82) is 0 Å². The number of aromatic nitrogens is 9. The number of benzene rings is 18. The van der Waals surface area contributed by atoms with E-state index in [0.717, 1.165) is 189 Å². The van der Waals surface area contributed by atoms with Gasteiger partial charge in [0.2, 0.25) is 0 Å². The third-order valence-electron chi connectivity index (χ3n) is 28.5. The van der Waals surface area contributed by atoms with Gasteiger partial charge in [-0.1, -0.05) is 366 Å². The van der Waals surface area contributed by atoms with Gasteiger partial charge in [-0.15, -0.1) is 0 Å². The topological polar surface area (TPSA) is 155 Å². The first kappa shape index (κ1) is 88.5. The van der Waals surface area contributed by atoms with Gasteiger partial charge in [-0.25, -0.2) is 29.9 Å². The maximum absolute atomic E-state index is 6.16. The first-order valence-electron chi connectivity index (χ1n) is 49.7. The third kappa shape index (κ3) is 16.9. The summed E-state index contributed by atoms with van der Waals surface area (Å²) in [6.07, 6.45) is 11.0. The molecule has 148 heavy (non-hydrogen) atoms. The molecular formula is C136H89N9O3. The molecule has 0 amide bonds. The van der Waals surface area contributed by atoms with Crippen LogP contribution < -0.4 is 0 Å². The highest BCUT2D eigenvalue weighted by molar-refractivity contribution is 6.09. The lowest BCUT2D eigenvalue weighted by molar-refractivity contribution is 0.660. The van der Waals surface area contributed by atoms with Gasteiger partial charge in [-0.3, -0.25) is 15.0 Å². The van der Waals surface area contributed by atoms with Crippen molar-refractivity contribution in [3.63, 3.8) is 0 Å². The third-order valence-corrected chi connectivity index (χ3v) is 28.5. The number of fused-ring (bicyclic) bond motifs is 13. The lowest BCUT2D eigenvalue weighted by atomic mass is 9.81. The molecule has 0 radical (unpaired) electrons. The van der Waals surface area contributed by atoms with Crippen LogP contribution in [-0.4, -0.2) is 44.9 Å². The molecule has 28 rings (SSSR count). The average molecular weight is 1900 g/mol. The quantitative estimate of drug-likeness (QED) is 0.0904. The Hall–Kier alpha value is -19.7. The number of hydrogen-bond donors (Lipinski definition) is 0. The van der Waals surface area contributed by atoms with Gasteiger partial charge < -0.3 is 13.3 Å². The molecule has 0 aliphatic heterocycles. The normalized spacial score (nSPS) is 11.9. The highest BCUT2D eigenvalue weighted by atomic mass is 16.3. The van der Waals surface area contributed by atoms with Gasteiger partial charge in [0.15, 0.2) is 17.5 Å². The van der Waals surface area contributed by atoms with E-state index in [0.29, 0.717) is 17.5 Å². The molecule has 0 saturated heterocycles. The van der Waals surface area contributed by atoms with Crippen LogP contribution >= 0.6 is 0 Å². The predicted octanol–water partition coefficient (Wildman–Crippen LogP) is 35.4. The second kappa shape index (κ2) is 38.0. The summed E-state index contributed by atoms with van der Waals surface area (Å²) in [5.74, 6) is 1.98. The molecule has 0 bridgehead atoms. The van der Waals surface area contributed by atoms with Crippen molar-refractivity contribution in [2.75, 3.05) is 0 Å². The molecule has 9 heterocycles. The second-order valence-electron chi connectivity index (χ2n) is 37.8. The smallest absolute Gasteiger partial charge is 0.161 e. The van der Waals surface area contributed by atoms with E-state index in [4.69, 9.17) is 43.2 Å². The van der Waals surface area contributed by atoms with Crippen LogP contribution in [0.4, 0.5) is 0 Å². The minimum Gasteiger partial charge on any atom is -0.456 e. The monoisotopic (exact) mass is 1900 g/mol. The minimum atomic E-state index is -0.0481. The number of hydrogen-bond acceptors (Lipinski definition) is 12. The first-order valence-corrected chi connectivity index (χ1v) is 49.7. The Labute approximate surface area is 854 Å². The van der Waals surface area contributed by atoms with Crippen molar-refractivity contribution < 1.29 is 13.3 Å². The number of pyridine rings is 3. The van der Waals surface area contributed by atoms with Crippen molar-refractivity contribution in [3.8, 4) is 191 Å². The van der Waals surface area contributed by atoms with E-state index in [2.05, 4.69) is 362 Å². The number of furan rings is 3. The Morgan fingerprint density at radius 3 is 0.838 bits per heavy atom. The minimum absolute atomic E-state index is 0.0481. The van der Waals surface area contributed by atoms with E-state index < -0.39 is 0 Å². The van der Waals surface area contributed by atoms with Crippen molar-refractivity contribution in [1.82, 2.24) is 44.9 Å². The Balaban J connectivity index is 0.000000112. The maximum atomic E-state index is 6.16. The summed E-state index contributed by atoms with van der Waals surface area (Å²) in [5, 5.41) is 8.93. The number of rotatable bonds is 16. The summed E-state index contributed by atoms with van der Waals surface area (Å²) < 4.78 is 18.4. The van der Waals surface area contributed by atoms with Gasteiger partial charge in [0, 0.05) is 142 Å². The fourth-order valence-electron chi connectivity index (χ4n) is 20.9. The zero-order valence-electron chi connectivity index (χ0n) is 80.7. The molecule has 9 aromatic heterocycles. The Morgan fingerprint density at radius 1 is 0.162 bits per heavy atom. The fraction of sp³-hybridized carbons (Fsp3) is 0.0221. The van der Waals surface area contributed by atoms with Crippen LogP contribution in [0.25, 0.3) is 267 Å². The number of nitrogens with zero attached hydrogens (tertiary/aromatic N) is 9. The van der Waals surface area contributed by atoms with Gasteiger partial charge in [0.05, 0.1) is 34.2 Å². The molecule has 1 aliphatic carbocycles. The van der Waals surface area contributed by atoms with Crippen LogP contribution in [-0.2, 0) is 5.41 Å². The molecule has 1 aliphatic rings. The SMILES string of the molecule is CC1(C)c2ccccc2-c2ccc(-c3ccc(-c4cc(-c5ccc6oc7ccccc7c6c5)nc(-c5ccccc5-c5cccnc5)n4)cc3)cc21.c1ccc(-c2ccc(-c3ccc(-c4cc(-c5ccc6oc7ccccc7c6c5)nc(-c5ccccc5-c5cccnc5)n4)cc3)cc2)cc1.c1cncc(-c2ccccc2-c2nc(-c3ccc(-c4cccc5ccccc45)cc3)cc(-c3ccc4oc5ccccc5c4c3)n2)c1. The Kier molecular flexibility index (Phi) is 22.7. The van der Waals surface area contributed by atoms with Gasteiger partial charge in [0.1, 0.15) is 33.5 Å². The molecule has 696 valence electrons. The Morgan fingerprint density at radius 2 is 0.439 bits per heavy atom. The van der Waals surface area contributed by atoms with E-state index >= 15 is 0 Å². The summed E-state index contributed by atoms with van der Waals surface area (Å²) in [4.78, 5) is 44.4. The molecule has 18 aromatic carbocycles. The summed E-state index contributed by atoms with van der Waals surface area (Å²) in [5.41, 5.74) is 40.2. The zero-order valence-corrected chi connectivity index (χ0v) is 80.7. The van der Waals surface area contributed by atoms with Crippen molar-refractivity contribution in [2.24, 2.45) is 0 Å². The summed E-state index contributed by atoms with van der Waals surface area (Å²) >= 11 is 0. The highest BCUT2D eigenvalue weighted by Gasteiger charge is 2.36. The lowest BCUT2D eigenvalue weighted by Gasteiger charge is -2.22. The van der Waals surface area contributed by atoms with Gasteiger partial charge in [0.25, 0.3) is 0 Å². The van der Waals surface area contributed by atoms with E-state index in [1.807, 2.05) is 152 Å². The van der Waals surface area contributed by atoms with Gasteiger partial charge in [-0.2, -0.15) is 0 Å². The average Bonchev–Trinajstić information content (AvgIpc) is 1.58. The van der Waals surface area contributed by atoms with Crippen LogP contribution in [0.5, 0.6) is 0 Å². The summed E-state index contributed by atoms with van der Waals surface area (Å²) in [6.45, 7) is 4.65. The molecular weight excluding hydrogens is 1810 g/mol. The Bertz CT molecular complexity index is 9730. The molecule has 0 unspecified atom stereocenters. The second-order valence-corrected chi connectivity index (χ2v) is 37.8. The van der Waals surface area contributed by atoms with Crippen LogP contribution in [0, 0.1) is 0 Å². The van der Waals surface area contributed by atoms with E-state index in [-0.39, 0.29) is 5.41 Å². The number of para-hydroxylation sites is 3. The van der Waals surface area contributed by atoms with E-state index in [1.165, 1.54) is 72.0 Å². The molecule has 0 fully saturated rings. The lowest BCUT2D eigenvalue weighted by Crippen LogP contribution is -2.14. The molecule has 27 aromatic rings. The summed E-state index contributed by atoms with van der Waals surface area (Å²) in [7, 11) is 0. The molecule has 0 atom stereocenters. The van der Waals surface area contributed by atoms with Crippen molar-refractivity contribution in [3.05, 3.63) is 515 Å². The van der Waals surface area contributed by atoms with Crippen molar-refractivity contribution >= 4 is 76.6 Å². The predicted molar refractivity (Wildman–Crippen MR) is 603 cm³/mol. The van der Waals surface area contributed by atoms with Crippen LogP contribution in [0.3, 0.4) is 0 Å². The van der Waals surface area contributed by atoms with E-state index in [1.54, 1.807) is 18.6 Å². The molecule has 0 N–H and O–H groups in total. The molecule has 12 heteroatoms. The van der Waals surface area contributed by atoms with Gasteiger partial charge >= 0.3 is 0 Å². The van der Waals surface area contributed by atoms with E-state index in [9.17, 15) is 0 Å². The van der Waals surface area contributed by atoms with Gasteiger partial charge in [-0.05, 0) is 209 Å². The molecule has 12 nitrogen and oxygen atoms in total. The standard InChI is InChI=1S/C48H33N3O.C45H29N3O.C43H27N3O/c1-48(2)41-15-7-5-12-36(41)37-23-21-32(27-42(37)48)30-17-19-31(20-18-30)43-28-44(33-22-24-46-40(26-33)38-13-6-8-16-45(38)52-46)51-47(50-43)39-14-4-3-11-35(39)34-10-9-25-49-29-34;1-2-9-30(10-3-1)31-16-18-32(19-17-31)33-20-22-34(23-21-33)41-28-42(35-24-25-44-40(27-35)38-13-6-7-15-43(38)49-44)48-45(47-41)39-14-5-4-12-37(39)36-11-8-26-46-29-36;1-2-12-33-28(9-1)10-7-16-34(33)29-18-20-30(21-19-29)39-26-40(31-22-23-42-38(25-31)36-14-5-6-17-41(36)47-42)46-43(45-39)37-15-4-3-13-35(37)32-11-8-24-44-27-32/h3-29H,1-2H3;1-29H;1-27H. The molecule has 0 saturated carbocycles. The largest absolute Gasteiger partial charge is 0.456 e. The molecule has 0 spiro atoms. The van der Waals surface area contributed by atoms with Crippen LogP contribution in [0.1, 0.15) is 25.0 Å². The van der Waals surface area contributed by atoms with Crippen LogP contribution in [0.2, 0.25) is 0 Å². The fourth-order valence-corrected chi connectivity index (χ4v) is 20.9. The maximum Gasteiger partial charge on any atom is 0.161 e. The highest BCUT2D eigenvalue weighted by Crippen LogP contribution is 2.51. The summed E-state index contributed by atoms with van der Waals surface area (Å²) in [6, 6.07) is 162. The zero-order chi connectivity index (χ0) is 98.5. The van der Waals surface area contributed by atoms with Crippen LogP contribution in [0.15, 0.2) is 518 Å². The van der Waals surface area contributed by atoms with Crippen molar-refractivity contribution in [2.45, 2.75) is 19.3 Å².